The summed E-state index contributed by atoms with van der Waals surface area (Å²) in [6, 6.07) is 0. The van der Waals surface area contributed by atoms with Crippen molar-refractivity contribution in [2.75, 3.05) is 6.54 Å². The smallest absolute Gasteiger partial charge is 0.0781 e. The van der Waals surface area contributed by atoms with Crippen LogP contribution in [0.4, 0.5) is 0 Å². The average molecular weight is 125 g/mol. The third-order valence-corrected chi connectivity index (χ3v) is 1.16. The monoisotopic (exact) mass is 125 g/mol. The van der Waals surface area contributed by atoms with Crippen LogP contribution in [0.1, 0.15) is 6.92 Å². The molecule has 0 amide bonds. The van der Waals surface area contributed by atoms with Gasteiger partial charge in [-0.25, -0.2) is 4.72 Å². The van der Waals surface area contributed by atoms with Crippen LogP contribution in [0.5, 0.6) is 0 Å². The number of hydrogen-bond acceptors (Lipinski definition) is 1. The molecule has 0 spiro atoms. The van der Waals surface area contributed by atoms with Gasteiger partial charge in [0.05, 0.1) is 9.92 Å². The molecule has 0 aromatic heterocycles. The maximum atomic E-state index is 8.28. The van der Waals surface area contributed by atoms with E-state index in [4.69, 9.17) is 4.55 Å². The van der Waals surface area contributed by atoms with Crippen LogP contribution < -0.4 is 4.72 Å². The molecule has 0 rings (SSSR count). The van der Waals surface area contributed by atoms with E-state index in [-0.39, 0.29) is 0 Å². The molecule has 38 valence electrons. The molecule has 4 heteroatoms. The van der Waals surface area contributed by atoms with Crippen LogP contribution in [-0.4, -0.2) is 11.1 Å². The lowest BCUT2D eigenvalue weighted by molar-refractivity contribution is 0.643. The van der Waals surface area contributed by atoms with E-state index in [1.807, 2.05) is 6.92 Å². The summed E-state index contributed by atoms with van der Waals surface area (Å²) in [7, 11) is -0.982. The summed E-state index contributed by atoms with van der Waals surface area (Å²) in [5.74, 6) is 0. The van der Waals surface area contributed by atoms with E-state index in [0.29, 0.717) is 0 Å². The molecule has 2 nitrogen and oxygen atoms in total. The van der Waals surface area contributed by atoms with Gasteiger partial charge in [0, 0.05) is 6.54 Å². The molecule has 1 unspecified atom stereocenters. The van der Waals surface area contributed by atoms with Crippen LogP contribution in [0.25, 0.3) is 0 Å². The number of nitrogens with one attached hydrogen (secondary N) is 1. The zero-order chi connectivity index (χ0) is 4.99. The van der Waals surface area contributed by atoms with Crippen LogP contribution in [0.15, 0.2) is 0 Å². The molecule has 0 heterocycles. The van der Waals surface area contributed by atoms with Gasteiger partial charge >= 0.3 is 0 Å². The molecule has 0 fully saturated rings. The minimum Gasteiger partial charge on any atom is -0.315 e. The maximum Gasteiger partial charge on any atom is 0.0781 e. The van der Waals surface area contributed by atoms with Crippen LogP contribution in [0, 0.1) is 0 Å². The van der Waals surface area contributed by atoms with Gasteiger partial charge in [-0.3, -0.25) is 0 Å². The van der Waals surface area contributed by atoms with Crippen molar-refractivity contribution in [1.82, 2.24) is 4.72 Å². The second-order valence-corrected chi connectivity index (χ2v) is 2.48. The summed E-state index contributed by atoms with van der Waals surface area (Å²) >= 11 is 4.35. The molecule has 0 aliphatic carbocycles. The van der Waals surface area contributed by atoms with Gasteiger partial charge in [-0.15, -0.1) is 0 Å². The molecule has 0 aliphatic rings. The first-order valence-corrected chi connectivity index (χ1v) is 3.72. The Hall–Kier alpha value is 0.490. The van der Waals surface area contributed by atoms with Crippen molar-refractivity contribution < 1.29 is 4.55 Å². The Morgan fingerprint density at radius 3 is 2.50 bits per heavy atom. The van der Waals surface area contributed by atoms with E-state index in [1.54, 1.807) is 0 Å². The van der Waals surface area contributed by atoms with Crippen LogP contribution in [0.3, 0.4) is 0 Å². The average Bonchev–Trinajstić information content (AvgIpc) is 1.35. The van der Waals surface area contributed by atoms with E-state index in [2.05, 4.69) is 15.9 Å². The lowest BCUT2D eigenvalue weighted by atomic mass is 10.8. The Kier molecular flexibility index (Phi) is 3.97. The van der Waals surface area contributed by atoms with Gasteiger partial charge in [-0.2, -0.15) is 0 Å². The second-order valence-electron chi connectivity index (χ2n) is 0.747. The predicted octanol–water partition coefficient (Wildman–Crippen LogP) is 0.0641. The number of hydrogen-bond donors (Lipinski definition) is 2. The van der Waals surface area contributed by atoms with Crippen LogP contribution in [-0.2, 0) is 21.1 Å². The fourth-order valence-electron chi connectivity index (χ4n) is 0.123. The third kappa shape index (κ3) is 4.49. The van der Waals surface area contributed by atoms with Crippen molar-refractivity contribution >= 4 is 21.1 Å². The van der Waals surface area contributed by atoms with Crippen molar-refractivity contribution in [1.29, 1.82) is 0 Å². The molecule has 6 heavy (non-hydrogen) atoms. The highest BCUT2D eigenvalue weighted by atomic mass is 32.8. The van der Waals surface area contributed by atoms with E-state index < -0.39 is 9.92 Å². The second kappa shape index (κ2) is 3.67. The van der Waals surface area contributed by atoms with Crippen molar-refractivity contribution in [2.45, 2.75) is 6.92 Å². The SMILES string of the molecule is CCNS(O)=S. The summed E-state index contributed by atoms with van der Waals surface area (Å²) in [4.78, 5) is 0. The molecule has 0 saturated heterocycles. The quantitative estimate of drug-likeness (QED) is 0.547. The van der Waals surface area contributed by atoms with Crippen molar-refractivity contribution in [3.63, 3.8) is 0 Å². The fraction of sp³-hybridized carbons (Fsp3) is 1.00. The molecule has 0 aromatic rings. The molecule has 0 aromatic carbocycles. The summed E-state index contributed by atoms with van der Waals surface area (Å²) in [6.07, 6.45) is 0. The van der Waals surface area contributed by atoms with E-state index in [1.165, 1.54) is 0 Å². The third-order valence-electron chi connectivity index (χ3n) is 0.268. The summed E-state index contributed by atoms with van der Waals surface area (Å²) in [5, 5.41) is 0. The van der Waals surface area contributed by atoms with Gasteiger partial charge in [0.2, 0.25) is 0 Å². The molecular formula is C2H7NOS2. The summed E-state index contributed by atoms with van der Waals surface area (Å²) in [6.45, 7) is 2.63. The first-order valence-electron chi connectivity index (χ1n) is 1.61. The summed E-state index contributed by atoms with van der Waals surface area (Å²) in [5.41, 5.74) is 0. The molecule has 0 bridgehead atoms. The topological polar surface area (TPSA) is 32.3 Å². The van der Waals surface area contributed by atoms with Crippen LogP contribution >= 0.6 is 0 Å². The highest BCUT2D eigenvalue weighted by Gasteiger charge is 1.74. The molecule has 0 aliphatic heterocycles. The van der Waals surface area contributed by atoms with Crippen molar-refractivity contribution in [3.8, 4) is 0 Å². The molecule has 0 saturated carbocycles. The highest BCUT2D eigenvalue weighted by molar-refractivity contribution is 8.24. The van der Waals surface area contributed by atoms with Crippen LogP contribution in [0.2, 0.25) is 0 Å². The first-order chi connectivity index (χ1) is 2.77. The lowest BCUT2D eigenvalue weighted by Gasteiger charge is -1.90. The zero-order valence-corrected chi connectivity index (χ0v) is 5.10. The summed E-state index contributed by atoms with van der Waals surface area (Å²) < 4.78 is 10.9. The number of rotatable bonds is 2. The van der Waals surface area contributed by atoms with Crippen molar-refractivity contribution in [3.05, 3.63) is 0 Å². The zero-order valence-electron chi connectivity index (χ0n) is 3.47. The Labute approximate surface area is 44.5 Å². The van der Waals surface area contributed by atoms with Gasteiger partial charge in [0.25, 0.3) is 0 Å². The largest absolute Gasteiger partial charge is 0.315 e. The molecule has 2 N–H and O–H groups in total. The van der Waals surface area contributed by atoms with Gasteiger partial charge in [-0.05, 0) is 11.2 Å². The minimum atomic E-state index is -0.982. The van der Waals surface area contributed by atoms with E-state index in [0.717, 1.165) is 6.54 Å². The Bertz CT molecular complexity index is 55.5. The molecular weight excluding hydrogens is 118 g/mol. The van der Waals surface area contributed by atoms with E-state index >= 15 is 0 Å². The predicted molar refractivity (Wildman–Crippen MR) is 31.0 cm³/mol. The normalized spacial score (nSPS) is 14.3. The highest BCUT2D eigenvalue weighted by Crippen LogP contribution is 1.58. The van der Waals surface area contributed by atoms with Gasteiger partial charge in [-0.1, -0.05) is 6.92 Å². The molecule has 0 radical (unpaired) electrons. The first kappa shape index (κ1) is 6.49. The Balaban J connectivity index is 2.83. The molecule has 1 atom stereocenters. The Morgan fingerprint density at radius 1 is 2.00 bits per heavy atom. The lowest BCUT2D eigenvalue weighted by Crippen LogP contribution is -2.13. The van der Waals surface area contributed by atoms with Gasteiger partial charge in [0.15, 0.2) is 0 Å². The fourth-order valence-corrected chi connectivity index (χ4v) is 0.724. The minimum absolute atomic E-state index is 0.739. The standard InChI is InChI=1S/C2H7NOS2/c1-2-3-6(4)5/h3H,2H2,1H3,(H,4,5). The van der Waals surface area contributed by atoms with Gasteiger partial charge < -0.3 is 4.55 Å². The van der Waals surface area contributed by atoms with Gasteiger partial charge in [0.1, 0.15) is 0 Å². The van der Waals surface area contributed by atoms with E-state index in [9.17, 15) is 0 Å². The van der Waals surface area contributed by atoms with Crippen molar-refractivity contribution in [2.24, 2.45) is 0 Å². The Morgan fingerprint density at radius 2 is 2.50 bits per heavy atom. The maximum absolute atomic E-state index is 8.28.